The van der Waals surface area contributed by atoms with Crippen LogP contribution in [0, 0.1) is 12.7 Å². The van der Waals surface area contributed by atoms with Gasteiger partial charge in [-0.2, -0.15) is 10.2 Å². The monoisotopic (exact) mass is 216 g/mol. The largest absolute Gasteiger partial charge is 0.289 e. The maximum Gasteiger partial charge on any atom is 0.194 e. The van der Waals surface area contributed by atoms with Crippen molar-refractivity contribution in [3.63, 3.8) is 0 Å². The number of hydrogen-bond acceptors (Lipinski definition) is 3. The first kappa shape index (κ1) is 10.4. The molecule has 16 heavy (non-hydrogen) atoms. The molecule has 0 radical (unpaired) electrons. The van der Waals surface area contributed by atoms with Crippen molar-refractivity contribution in [1.82, 2.24) is 10.2 Å². The highest BCUT2D eigenvalue weighted by Gasteiger charge is 2.10. The van der Waals surface area contributed by atoms with Gasteiger partial charge >= 0.3 is 0 Å². The molecule has 0 saturated heterocycles. The van der Waals surface area contributed by atoms with Crippen LogP contribution < -0.4 is 0 Å². The second-order valence-electron chi connectivity index (χ2n) is 3.42. The lowest BCUT2D eigenvalue weighted by Gasteiger charge is -2.01. The molecule has 2 rings (SSSR count). The number of aromatic nitrogens is 2. The molecule has 1 aromatic carbocycles. The predicted molar refractivity (Wildman–Crippen MR) is 56.6 cm³/mol. The van der Waals surface area contributed by atoms with Crippen LogP contribution in [-0.2, 0) is 0 Å². The van der Waals surface area contributed by atoms with Gasteiger partial charge in [0.2, 0.25) is 0 Å². The Hall–Kier alpha value is -2.10. The molecule has 0 unspecified atom stereocenters. The average molecular weight is 216 g/mol. The summed E-state index contributed by atoms with van der Waals surface area (Å²) in [6.45, 7) is 1.65. The number of carbonyl (C=O) groups is 1. The first-order valence-corrected chi connectivity index (χ1v) is 4.76. The molecule has 80 valence electrons. The van der Waals surface area contributed by atoms with Gasteiger partial charge in [0.1, 0.15) is 5.82 Å². The van der Waals surface area contributed by atoms with Crippen molar-refractivity contribution in [3.05, 3.63) is 59.2 Å². The molecule has 0 aliphatic heterocycles. The molecule has 0 spiro atoms. The normalized spacial score (nSPS) is 10.1. The molecule has 1 heterocycles. The zero-order chi connectivity index (χ0) is 11.5. The number of benzene rings is 1. The summed E-state index contributed by atoms with van der Waals surface area (Å²) in [6.07, 6.45) is 2.79. The Morgan fingerprint density at radius 3 is 2.62 bits per heavy atom. The molecule has 0 bridgehead atoms. The summed E-state index contributed by atoms with van der Waals surface area (Å²) >= 11 is 0. The third-order valence-electron chi connectivity index (χ3n) is 2.28. The van der Waals surface area contributed by atoms with Gasteiger partial charge < -0.3 is 0 Å². The van der Waals surface area contributed by atoms with Crippen molar-refractivity contribution in [2.24, 2.45) is 0 Å². The van der Waals surface area contributed by atoms with Crippen molar-refractivity contribution in [3.8, 4) is 0 Å². The molecule has 2 aromatic rings. The molecule has 0 fully saturated rings. The standard InChI is InChI=1S/C12H9FN2O/c1-8-2-3-9(6-11(8)13)12(16)10-4-5-14-15-7-10/h2-7H,1H3. The summed E-state index contributed by atoms with van der Waals surface area (Å²) in [4.78, 5) is 11.9. The molecule has 0 atom stereocenters. The lowest BCUT2D eigenvalue weighted by molar-refractivity contribution is 0.103. The summed E-state index contributed by atoms with van der Waals surface area (Å²) < 4.78 is 13.3. The number of carbonyl (C=O) groups excluding carboxylic acids is 1. The van der Waals surface area contributed by atoms with Gasteiger partial charge in [-0.25, -0.2) is 4.39 Å². The first-order chi connectivity index (χ1) is 7.68. The van der Waals surface area contributed by atoms with Crippen LogP contribution in [0.25, 0.3) is 0 Å². The van der Waals surface area contributed by atoms with Crippen molar-refractivity contribution < 1.29 is 9.18 Å². The van der Waals surface area contributed by atoms with E-state index in [-0.39, 0.29) is 11.6 Å². The summed E-state index contributed by atoms with van der Waals surface area (Å²) in [5, 5.41) is 7.18. The zero-order valence-corrected chi connectivity index (χ0v) is 8.64. The Morgan fingerprint density at radius 1 is 1.19 bits per heavy atom. The number of nitrogens with zero attached hydrogens (tertiary/aromatic N) is 2. The van der Waals surface area contributed by atoms with E-state index in [1.807, 2.05) is 0 Å². The van der Waals surface area contributed by atoms with Crippen LogP contribution in [0.1, 0.15) is 21.5 Å². The van der Waals surface area contributed by atoms with Crippen LogP contribution >= 0.6 is 0 Å². The van der Waals surface area contributed by atoms with Gasteiger partial charge in [-0.05, 0) is 24.6 Å². The Morgan fingerprint density at radius 2 is 2.00 bits per heavy atom. The maximum atomic E-state index is 13.3. The van der Waals surface area contributed by atoms with Gasteiger partial charge in [-0.15, -0.1) is 0 Å². The van der Waals surface area contributed by atoms with Gasteiger partial charge in [0, 0.05) is 11.1 Å². The molecule has 4 heteroatoms. The predicted octanol–water partition coefficient (Wildman–Crippen LogP) is 2.16. The fourth-order valence-electron chi connectivity index (χ4n) is 1.33. The fourth-order valence-corrected chi connectivity index (χ4v) is 1.33. The highest BCUT2D eigenvalue weighted by Crippen LogP contribution is 2.12. The second kappa shape index (κ2) is 4.18. The molecule has 0 aliphatic rings. The van der Waals surface area contributed by atoms with Crippen LogP contribution in [0.15, 0.2) is 36.7 Å². The number of rotatable bonds is 2. The van der Waals surface area contributed by atoms with E-state index in [9.17, 15) is 9.18 Å². The van der Waals surface area contributed by atoms with Crippen LogP contribution in [-0.4, -0.2) is 16.0 Å². The average Bonchev–Trinajstić information content (AvgIpc) is 2.33. The molecule has 0 aliphatic carbocycles. The van der Waals surface area contributed by atoms with Crippen molar-refractivity contribution in [1.29, 1.82) is 0 Å². The van der Waals surface area contributed by atoms with Crippen LogP contribution in [0.4, 0.5) is 4.39 Å². The van der Waals surface area contributed by atoms with E-state index in [0.717, 1.165) is 0 Å². The summed E-state index contributed by atoms with van der Waals surface area (Å²) in [5.41, 5.74) is 1.23. The number of halogens is 1. The third kappa shape index (κ3) is 1.95. The minimum Gasteiger partial charge on any atom is -0.289 e. The maximum absolute atomic E-state index is 13.3. The zero-order valence-electron chi connectivity index (χ0n) is 8.64. The lowest BCUT2D eigenvalue weighted by atomic mass is 10.0. The van der Waals surface area contributed by atoms with Crippen LogP contribution in [0.3, 0.4) is 0 Å². The molecule has 1 aromatic heterocycles. The number of aryl methyl sites for hydroxylation is 1. The molecule has 0 N–H and O–H groups in total. The topological polar surface area (TPSA) is 42.9 Å². The molecule has 0 saturated carbocycles. The Labute approximate surface area is 92.0 Å². The minimum atomic E-state index is -0.382. The SMILES string of the molecule is Cc1ccc(C(=O)c2ccnnc2)cc1F. The fraction of sp³-hybridized carbons (Fsp3) is 0.0833. The van der Waals surface area contributed by atoms with E-state index < -0.39 is 0 Å². The molecule has 3 nitrogen and oxygen atoms in total. The van der Waals surface area contributed by atoms with Crippen molar-refractivity contribution in [2.75, 3.05) is 0 Å². The van der Waals surface area contributed by atoms with E-state index in [1.165, 1.54) is 18.5 Å². The molecular formula is C12H9FN2O. The van der Waals surface area contributed by atoms with E-state index in [2.05, 4.69) is 10.2 Å². The minimum absolute atomic E-state index is 0.256. The van der Waals surface area contributed by atoms with Gasteiger partial charge in [-0.3, -0.25) is 4.79 Å². The van der Waals surface area contributed by atoms with E-state index >= 15 is 0 Å². The Balaban J connectivity index is 2.39. The number of hydrogen-bond donors (Lipinski definition) is 0. The van der Waals surface area contributed by atoms with Crippen molar-refractivity contribution >= 4 is 5.78 Å². The van der Waals surface area contributed by atoms with Gasteiger partial charge in [-0.1, -0.05) is 12.1 Å². The van der Waals surface area contributed by atoms with E-state index in [0.29, 0.717) is 16.7 Å². The third-order valence-corrected chi connectivity index (χ3v) is 2.28. The Kier molecular flexibility index (Phi) is 2.72. The Bertz CT molecular complexity index is 526. The molecular weight excluding hydrogens is 207 g/mol. The summed E-state index contributed by atoms with van der Waals surface area (Å²) in [5.74, 6) is -0.637. The smallest absolute Gasteiger partial charge is 0.194 e. The first-order valence-electron chi connectivity index (χ1n) is 4.76. The highest BCUT2D eigenvalue weighted by molar-refractivity contribution is 6.08. The molecule has 0 amide bonds. The van der Waals surface area contributed by atoms with Crippen LogP contribution in [0.2, 0.25) is 0 Å². The van der Waals surface area contributed by atoms with Gasteiger partial charge in [0.25, 0.3) is 0 Å². The summed E-state index contributed by atoms with van der Waals surface area (Å²) in [6, 6.07) is 5.96. The number of ketones is 1. The van der Waals surface area contributed by atoms with Gasteiger partial charge in [0.05, 0.1) is 12.4 Å². The van der Waals surface area contributed by atoms with Gasteiger partial charge in [0.15, 0.2) is 5.78 Å². The van der Waals surface area contributed by atoms with Crippen molar-refractivity contribution in [2.45, 2.75) is 6.92 Å². The summed E-state index contributed by atoms with van der Waals surface area (Å²) in [7, 11) is 0. The lowest BCUT2D eigenvalue weighted by Crippen LogP contribution is -2.03. The second-order valence-corrected chi connectivity index (χ2v) is 3.42. The van der Waals surface area contributed by atoms with E-state index in [1.54, 1.807) is 25.1 Å². The quantitative estimate of drug-likeness (QED) is 0.722. The highest BCUT2D eigenvalue weighted by atomic mass is 19.1. The van der Waals surface area contributed by atoms with Crippen LogP contribution in [0.5, 0.6) is 0 Å². The van der Waals surface area contributed by atoms with E-state index in [4.69, 9.17) is 0 Å².